The van der Waals surface area contributed by atoms with Gasteiger partial charge in [0.25, 0.3) is 0 Å². The Hall–Kier alpha value is -4.30. The monoisotopic (exact) mass is 586 g/mol. The van der Waals surface area contributed by atoms with E-state index in [1.807, 2.05) is 72.8 Å². The summed E-state index contributed by atoms with van der Waals surface area (Å²) >= 11 is 0. The zero-order valence-electron chi connectivity index (χ0n) is 24.2. The van der Waals surface area contributed by atoms with Gasteiger partial charge in [-0.15, -0.1) is 0 Å². The number of rotatable bonds is 9. The average Bonchev–Trinajstić information content (AvgIpc) is 3.03. The molecule has 0 saturated heterocycles. The maximum atomic E-state index is 13.5. The molecule has 3 aromatic rings. The van der Waals surface area contributed by atoms with Gasteiger partial charge in [0.05, 0.1) is 25.0 Å². The lowest BCUT2D eigenvalue weighted by atomic mass is 9.94. The van der Waals surface area contributed by atoms with Crippen LogP contribution in [-0.2, 0) is 32.1 Å². The van der Waals surface area contributed by atoms with Crippen molar-refractivity contribution in [3.05, 3.63) is 120 Å². The summed E-state index contributed by atoms with van der Waals surface area (Å²) in [7, 11) is 0. The van der Waals surface area contributed by atoms with Crippen molar-refractivity contribution in [1.29, 1.82) is 0 Å². The summed E-state index contributed by atoms with van der Waals surface area (Å²) < 4.78 is 19.5. The molecule has 0 bridgehead atoms. The molecule has 8 heteroatoms. The molecule has 1 heterocycles. The Morgan fingerprint density at radius 3 is 2.30 bits per heavy atom. The lowest BCUT2D eigenvalue weighted by Crippen LogP contribution is -2.39. The first-order valence-corrected chi connectivity index (χ1v) is 14.8. The van der Waals surface area contributed by atoms with E-state index in [4.69, 9.17) is 4.74 Å². The van der Waals surface area contributed by atoms with E-state index in [-0.39, 0.29) is 49.7 Å². The number of esters is 1. The van der Waals surface area contributed by atoms with Crippen LogP contribution in [0.3, 0.4) is 0 Å². The second-order valence-corrected chi connectivity index (χ2v) is 10.8. The molecule has 1 aliphatic rings. The molecule has 0 aromatic heterocycles. The molecule has 43 heavy (non-hydrogen) atoms. The molecule has 7 nitrogen and oxygen atoms in total. The summed E-state index contributed by atoms with van der Waals surface area (Å²) in [4.78, 5) is 41.8. The molecule has 0 saturated carbocycles. The largest absolute Gasteiger partial charge is 0.455 e. The summed E-state index contributed by atoms with van der Waals surface area (Å²) in [6, 6.07) is 24.9. The van der Waals surface area contributed by atoms with E-state index < -0.39 is 17.9 Å². The number of carbonyl (C=O) groups excluding carboxylic acids is 3. The number of carbonyl (C=O) groups is 3. The number of nitrogens with one attached hydrogen (secondary N) is 1. The zero-order chi connectivity index (χ0) is 30.4. The Bertz CT molecular complexity index is 1350. The highest BCUT2D eigenvalue weighted by Gasteiger charge is 2.28. The molecule has 0 radical (unpaired) electrons. The van der Waals surface area contributed by atoms with Crippen LogP contribution in [0.5, 0.6) is 0 Å². The molecule has 0 unspecified atom stereocenters. The van der Waals surface area contributed by atoms with Gasteiger partial charge in [-0.2, -0.15) is 0 Å². The van der Waals surface area contributed by atoms with E-state index in [9.17, 15) is 23.9 Å². The zero-order valence-corrected chi connectivity index (χ0v) is 24.2. The van der Waals surface area contributed by atoms with Crippen LogP contribution in [0.25, 0.3) is 0 Å². The van der Waals surface area contributed by atoms with Crippen LogP contribution < -0.4 is 5.32 Å². The van der Waals surface area contributed by atoms with Crippen molar-refractivity contribution in [2.24, 2.45) is 11.8 Å². The molecule has 3 aromatic carbocycles. The van der Waals surface area contributed by atoms with E-state index in [2.05, 4.69) is 5.32 Å². The third kappa shape index (κ3) is 9.89. The van der Waals surface area contributed by atoms with E-state index in [0.29, 0.717) is 32.2 Å². The number of aliphatic hydroxyl groups excluding tert-OH is 1. The third-order valence-corrected chi connectivity index (χ3v) is 7.62. The van der Waals surface area contributed by atoms with Crippen LogP contribution in [-0.4, -0.2) is 47.5 Å². The Morgan fingerprint density at radius 1 is 0.907 bits per heavy atom. The number of amides is 2. The lowest BCUT2D eigenvalue weighted by molar-refractivity contribution is -0.155. The highest BCUT2D eigenvalue weighted by Crippen LogP contribution is 2.24. The average molecular weight is 587 g/mol. The topological polar surface area (TPSA) is 95.9 Å². The fraction of sp³-hybridized carbons (Fsp3) is 0.343. The van der Waals surface area contributed by atoms with Gasteiger partial charge in [-0.1, -0.05) is 84.9 Å². The van der Waals surface area contributed by atoms with E-state index >= 15 is 0 Å². The molecule has 4 rings (SSSR count). The van der Waals surface area contributed by atoms with Crippen molar-refractivity contribution in [3.63, 3.8) is 0 Å². The van der Waals surface area contributed by atoms with E-state index in [1.165, 1.54) is 12.1 Å². The molecule has 2 amide bonds. The Labute approximate surface area is 252 Å². The van der Waals surface area contributed by atoms with Gasteiger partial charge in [0.2, 0.25) is 11.8 Å². The highest BCUT2D eigenvalue weighted by atomic mass is 19.1. The number of halogens is 1. The summed E-state index contributed by atoms with van der Waals surface area (Å²) in [6.07, 6.45) is 4.91. The smallest absolute Gasteiger partial charge is 0.309 e. The summed E-state index contributed by atoms with van der Waals surface area (Å²) in [5, 5.41) is 12.5. The van der Waals surface area contributed by atoms with E-state index in [1.54, 1.807) is 17.0 Å². The van der Waals surface area contributed by atoms with Crippen LogP contribution >= 0.6 is 0 Å². The van der Waals surface area contributed by atoms with Crippen molar-refractivity contribution in [3.8, 4) is 0 Å². The minimum atomic E-state index is -0.720. The summed E-state index contributed by atoms with van der Waals surface area (Å²) in [5.74, 6) is -2.34. The van der Waals surface area contributed by atoms with Crippen LogP contribution in [0.1, 0.15) is 48.5 Å². The minimum Gasteiger partial charge on any atom is -0.455 e. The normalized spacial score (nSPS) is 20.5. The second-order valence-electron chi connectivity index (χ2n) is 10.8. The quantitative estimate of drug-likeness (QED) is 0.267. The Balaban J connectivity index is 1.52. The molecule has 226 valence electrons. The maximum absolute atomic E-state index is 13.5. The Morgan fingerprint density at radius 2 is 1.60 bits per heavy atom. The second kappa shape index (κ2) is 16.4. The van der Waals surface area contributed by atoms with Crippen LogP contribution in [0, 0.1) is 17.7 Å². The minimum absolute atomic E-state index is 0.0218. The number of ether oxygens (including phenoxy) is 1. The molecule has 0 fully saturated rings. The molecule has 3 atom stereocenters. The SMILES string of the molecule is O=C1NC[C@H](c2ccccc2)OC(=O)[C@@H](Cc2ccc(F)cc2)CC/C=C/C[C@H]1CC(=O)N(CCO)Cc1ccccc1. The van der Waals surface area contributed by atoms with Gasteiger partial charge in [0.1, 0.15) is 11.9 Å². The van der Waals surface area contributed by atoms with Crippen LogP contribution in [0.2, 0.25) is 0 Å². The Kier molecular flexibility index (Phi) is 12.0. The maximum Gasteiger partial charge on any atom is 0.309 e. The number of hydrogen-bond acceptors (Lipinski definition) is 5. The molecule has 0 spiro atoms. The first-order valence-electron chi connectivity index (χ1n) is 14.8. The fourth-order valence-electron chi connectivity index (χ4n) is 5.19. The van der Waals surface area contributed by atoms with Crippen LogP contribution in [0.4, 0.5) is 4.39 Å². The standard InChI is InChI=1S/C35H39FN2O5/c36-31-18-16-26(17-19-31)22-30-15-9-3-8-14-29(23-33(40)38(20-21-39)25-27-10-4-1-5-11-27)34(41)37-24-32(43-35(30)42)28-12-6-2-7-13-28/h1-8,10-13,16-19,29-30,32,39H,9,14-15,20-25H2,(H,37,41)/b8-3+/t29-,30+,32+/m0/s1. The third-order valence-electron chi connectivity index (χ3n) is 7.62. The summed E-state index contributed by atoms with van der Waals surface area (Å²) in [6.45, 7) is 0.375. The van der Waals surface area contributed by atoms with Gasteiger partial charge in [-0.3, -0.25) is 14.4 Å². The van der Waals surface area contributed by atoms with Gasteiger partial charge in [0.15, 0.2) is 0 Å². The molecular weight excluding hydrogens is 547 g/mol. The number of allylic oxidation sites excluding steroid dienone is 2. The van der Waals surface area contributed by atoms with Crippen molar-refractivity contribution in [1.82, 2.24) is 10.2 Å². The molecular formula is C35H39FN2O5. The first-order chi connectivity index (χ1) is 20.9. The number of nitrogens with zero attached hydrogens (tertiary/aromatic N) is 1. The number of cyclic esters (lactones) is 1. The first kappa shape index (κ1) is 31.6. The van der Waals surface area contributed by atoms with Crippen molar-refractivity contribution < 1.29 is 28.6 Å². The lowest BCUT2D eigenvalue weighted by Gasteiger charge is -2.25. The van der Waals surface area contributed by atoms with Gasteiger partial charge >= 0.3 is 5.97 Å². The van der Waals surface area contributed by atoms with Crippen LogP contribution in [0.15, 0.2) is 97.1 Å². The van der Waals surface area contributed by atoms with Crippen molar-refractivity contribution in [2.75, 3.05) is 19.7 Å². The van der Waals surface area contributed by atoms with Gasteiger partial charge in [0, 0.05) is 19.5 Å². The molecule has 1 aliphatic heterocycles. The molecule has 0 aliphatic carbocycles. The molecule has 2 N–H and O–H groups in total. The van der Waals surface area contributed by atoms with Crippen molar-refractivity contribution >= 4 is 17.8 Å². The number of benzene rings is 3. The van der Waals surface area contributed by atoms with Gasteiger partial charge in [-0.05, 0) is 54.5 Å². The van der Waals surface area contributed by atoms with E-state index in [0.717, 1.165) is 16.7 Å². The highest BCUT2D eigenvalue weighted by molar-refractivity contribution is 5.86. The summed E-state index contributed by atoms with van der Waals surface area (Å²) in [5.41, 5.74) is 2.52. The predicted molar refractivity (Wildman–Crippen MR) is 162 cm³/mol. The fourth-order valence-corrected chi connectivity index (χ4v) is 5.19. The van der Waals surface area contributed by atoms with Gasteiger partial charge in [-0.25, -0.2) is 4.39 Å². The van der Waals surface area contributed by atoms with Gasteiger partial charge < -0.3 is 20.1 Å². The van der Waals surface area contributed by atoms with Crippen molar-refractivity contribution in [2.45, 2.75) is 44.8 Å². The predicted octanol–water partition coefficient (Wildman–Crippen LogP) is 5.15. The number of hydrogen-bond donors (Lipinski definition) is 2. The number of aliphatic hydroxyl groups is 1.